The van der Waals surface area contributed by atoms with E-state index in [2.05, 4.69) is 42.7 Å². The molecule has 0 aliphatic heterocycles. The summed E-state index contributed by atoms with van der Waals surface area (Å²) in [7, 11) is 1.67. The molecule has 5 heteroatoms. The van der Waals surface area contributed by atoms with Gasteiger partial charge in [0, 0.05) is 0 Å². The normalized spacial score (nSPS) is 12.0. The van der Waals surface area contributed by atoms with Crippen molar-refractivity contribution in [2.45, 2.75) is 33.7 Å². The molecule has 134 valence electrons. The van der Waals surface area contributed by atoms with Gasteiger partial charge in [0.15, 0.2) is 5.11 Å². The molecule has 0 bridgehead atoms. The van der Waals surface area contributed by atoms with Gasteiger partial charge in [0.2, 0.25) is 0 Å². The molecular formula is C20H25ClN2OS. The van der Waals surface area contributed by atoms with Crippen LogP contribution in [0.5, 0.6) is 5.75 Å². The lowest BCUT2D eigenvalue weighted by atomic mass is 9.96. The van der Waals surface area contributed by atoms with E-state index in [0.717, 1.165) is 28.1 Å². The molecule has 0 aliphatic carbocycles. The van der Waals surface area contributed by atoms with Crippen molar-refractivity contribution in [2.24, 2.45) is 5.92 Å². The summed E-state index contributed by atoms with van der Waals surface area (Å²) in [6.07, 6.45) is 0. The summed E-state index contributed by atoms with van der Waals surface area (Å²) in [6.45, 7) is 8.37. The number of methoxy groups -OCH3 is 1. The topological polar surface area (TPSA) is 33.3 Å². The molecule has 0 saturated heterocycles. The van der Waals surface area contributed by atoms with Crippen LogP contribution in [0.2, 0.25) is 5.02 Å². The van der Waals surface area contributed by atoms with E-state index in [1.165, 1.54) is 0 Å². The Morgan fingerprint density at radius 2 is 1.76 bits per heavy atom. The van der Waals surface area contributed by atoms with Gasteiger partial charge in [-0.05, 0) is 66.9 Å². The van der Waals surface area contributed by atoms with Crippen LogP contribution >= 0.6 is 23.8 Å². The average molecular weight is 377 g/mol. The fraction of sp³-hybridized carbons (Fsp3) is 0.350. The molecular weight excluding hydrogens is 352 g/mol. The zero-order chi connectivity index (χ0) is 18.6. The molecule has 1 atom stereocenters. The smallest absolute Gasteiger partial charge is 0.171 e. The van der Waals surface area contributed by atoms with Gasteiger partial charge in [0.25, 0.3) is 0 Å². The van der Waals surface area contributed by atoms with Crippen LogP contribution in [0.1, 0.15) is 36.6 Å². The number of thiocarbonyl (C=S) groups is 1. The first kappa shape index (κ1) is 19.5. The maximum Gasteiger partial charge on any atom is 0.171 e. The van der Waals surface area contributed by atoms with E-state index in [0.29, 0.717) is 16.1 Å². The average Bonchev–Trinajstić information content (AvgIpc) is 2.56. The minimum absolute atomic E-state index is 0.0930. The number of hydrogen-bond donors (Lipinski definition) is 2. The minimum atomic E-state index is 0.0930. The highest BCUT2D eigenvalue weighted by Gasteiger charge is 2.18. The zero-order valence-electron chi connectivity index (χ0n) is 15.3. The SMILES string of the molecule is COc1ccc([C@H](NC(=S)Nc2c(C)cc(C)cc2Cl)C(C)C)cc1. The molecule has 0 aliphatic rings. The van der Waals surface area contributed by atoms with Crippen LogP contribution in [0, 0.1) is 19.8 Å². The van der Waals surface area contributed by atoms with Crippen molar-refractivity contribution < 1.29 is 4.74 Å². The van der Waals surface area contributed by atoms with Gasteiger partial charge in [-0.2, -0.15) is 0 Å². The molecule has 0 aromatic heterocycles. The number of hydrogen-bond acceptors (Lipinski definition) is 2. The number of benzene rings is 2. The third kappa shape index (κ3) is 5.10. The molecule has 2 rings (SSSR count). The Bertz CT molecular complexity index is 721. The number of ether oxygens (including phenoxy) is 1. The second kappa shape index (κ2) is 8.54. The number of anilines is 1. The zero-order valence-corrected chi connectivity index (χ0v) is 16.9. The molecule has 2 N–H and O–H groups in total. The summed E-state index contributed by atoms with van der Waals surface area (Å²) in [4.78, 5) is 0. The second-order valence-corrected chi connectivity index (χ2v) is 7.35. The summed E-state index contributed by atoms with van der Waals surface area (Å²) in [5.74, 6) is 1.21. The third-order valence-electron chi connectivity index (χ3n) is 4.10. The maximum atomic E-state index is 6.36. The van der Waals surface area contributed by atoms with Gasteiger partial charge >= 0.3 is 0 Å². The quantitative estimate of drug-likeness (QED) is 0.660. The molecule has 2 aromatic carbocycles. The summed E-state index contributed by atoms with van der Waals surface area (Å²) in [5.41, 5.74) is 4.21. The molecule has 0 amide bonds. The first-order chi connectivity index (χ1) is 11.8. The van der Waals surface area contributed by atoms with Crippen molar-refractivity contribution in [3.63, 3.8) is 0 Å². The first-order valence-corrected chi connectivity index (χ1v) is 9.08. The van der Waals surface area contributed by atoms with Crippen LogP contribution in [-0.4, -0.2) is 12.2 Å². The molecule has 3 nitrogen and oxygen atoms in total. The van der Waals surface area contributed by atoms with E-state index in [9.17, 15) is 0 Å². The summed E-state index contributed by atoms with van der Waals surface area (Å²) < 4.78 is 5.23. The van der Waals surface area contributed by atoms with E-state index in [-0.39, 0.29) is 6.04 Å². The molecule has 0 radical (unpaired) electrons. The Balaban J connectivity index is 2.15. The lowest BCUT2D eigenvalue weighted by molar-refractivity contribution is 0.413. The van der Waals surface area contributed by atoms with Crippen LogP contribution in [0.4, 0.5) is 5.69 Å². The van der Waals surface area contributed by atoms with Crippen molar-refractivity contribution >= 4 is 34.6 Å². The Labute approximate surface area is 160 Å². The van der Waals surface area contributed by atoms with E-state index in [4.69, 9.17) is 28.6 Å². The van der Waals surface area contributed by atoms with Crippen LogP contribution < -0.4 is 15.4 Å². The largest absolute Gasteiger partial charge is 0.497 e. The Hall–Kier alpha value is -1.78. The standard InChI is InChI=1S/C20H25ClN2OS/c1-12(2)18(15-6-8-16(24-5)9-7-15)22-20(25)23-19-14(4)10-13(3)11-17(19)21/h6-12,18H,1-5H3,(H2,22,23,25)/t18-/m1/s1. The van der Waals surface area contributed by atoms with Gasteiger partial charge in [-0.1, -0.05) is 43.6 Å². The van der Waals surface area contributed by atoms with E-state index < -0.39 is 0 Å². The predicted octanol–water partition coefficient (Wildman–Crippen LogP) is 5.65. The van der Waals surface area contributed by atoms with Crippen LogP contribution in [-0.2, 0) is 0 Å². The Morgan fingerprint density at radius 3 is 2.28 bits per heavy atom. The molecule has 2 aromatic rings. The highest BCUT2D eigenvalue weighted by molar-refractivity contribution is 7.80. The second-order valence-electron chi connectivity index (χ2n) is 6.53. The van der Waals surface area contributed by atoms with Crippen LogP contribution in [0.3, 0.4) is 0 Å². The highest BCUT2D eigenvalue weighted by atomic mass is 35.5. The lowest BCUT2D eigenvalue weighted by Gasteiger charge is -2.25. The van der Waals surface area contributed by atoms with Gasteiger partial charge in [-0.25, -0.2) is 0 Å². The molecule has 0 unspecified atom stereocenters. The first-order valence-electron chi connectivity index (χ1n) is 8.30. The summed E-state index contributed by atoms with van der Waals surface area (Å²) >= 11 is 11.9. The molecule has 0 saturated carbocycles. The van der Waals surface area contributed by atoms with Crippen molar-refractivity contribution in [3.8, 4) is 5.75 Å². The van der Waals surface area contributed by atoms with Gasteiger partial charge < -0.3 is 15.4 Å². The van der Waals surface area contributed by atoms with Crippen molar-refractivity contribution in [3.05, 3.63) is 58.1 Å². The number of halogens is 1. The number of nitrogens with one attached hydrogen (secondary N) is 2. The Kier molecular flexibility index (Phi) is 6.68. The lowest BCUT2D eigenvalue weighted by Crippen LogP contribution is -2.35. The molecule has 25 heavy (non-hydrogen) atoms. The fourth-order valence-electron chi connectivity index (χ4n) is 2.81. The monoisotopic (exact) mass is 376 g/mol. The van der Waals surface area contributed by atoms with E-state index in [1.807, 2.05) is 32.0 Å². The van der Waals surface area contributed by atoms with E-state index >= 15 is 0 Å². The highest BCUT2D eigenvalue weighted by Crippen LogP contribution is 2.28. The Morgan fingerprint density at radius 1 is 1.12 bits per heavy atom. The maximum absolute atomic E-state index is 6.36. The number of rotatable bonds is 5. The minimum Gasteiger partial charge on any atom is -0.497 e. The van der Waals surface area contributed by atoms with Crippen molar-refractivity contribution in [1.29, 1.82) is 0 Å². The number of aryl methyl sites for hydroxylation is 2. The van der Waals surface area contributed by atoms with Crippen molar-refractivity contribution in [1.82, 2.24) is 5.32 Å². The summed E-state index contributed by atoms with van der Waals surface area (Å²) in [6, 6.07) is 12.2. The summed E-state index contributed by atoms with van der Waals surface area (Å²) in [5, 5.41) is 7.89. The van der Waals surface area contributed by atoms with Gasteiger partial charge in [0.1, 0.15) is 5.75 Å². The predicted molar refractivity (Wildman–Crippen MR) is 111 cm³/mol. The molecule has 0 heterocycles. The van der Waals surface area contributed by atoms with Crippen LogP contribution in [0.15, 0.2) is 36.4 Å². The fourth-order valence-corrected chi connectivity index (χ4v) is 3.41. The van der Waals surface area contributed by atoms with Gasteiger partial charge in [0.05, 0.1) is 23.9 Å². The third-order valence-corrected chi connectivity index (χ3v) is 4.62. The van der Waals surface area contributed by atoms with Gasteiger partial charge in [-0.15, -0.1) is 0 Å². The van der Waals surface area contributed by atoms with Crippen LogP contribution in [0.25, 0.3) is 0 Å². The van der Waals surface area contributed by atoms with Crippen molar-refractivity contribution in [2.75, 3.05) is 12.4 Å². The van der Waals surface area contributed by atoms with E-state index in [1.54, 1.807) is 7.11 Å². The molecule has 0 fully saturated rings. The molecule has 0 spiro atoms. The van der Waals surface area contributed by atoms with Gasteiger partial charge in [-0.3, -0.25) is 0 Å².